The molecule has 2 aromatic carbocycles. The van der Waals surface area contributed by atoms with Crippen LogP contribution in [0.3, 0.4) is 0 Å². The Balaban J connectivity index is 1.69. The van der Waals surface area contributed by atoms with Crippen LogP contribution < -0.4 is 0 Å². The molecule has 0 atom stereocenters. The molecule has 0 saturated heterocycles. The van der Waals surface area contributed by atoms with Crippen LogP contribution in [0.1, 0.15) is 52.6 Å². The molecule has 0 aliphatic heterocycles. The normalized spacial score (nSPS) is 21.6. The Morgan fingerprint density at radius 3 is 1.33 bits per heavy atom. The second-order valence-electron chi connectivity index (χ2n) is 5.43. The molecule has 0 unspecified atom stereocenters. The minimum absolute atomic E-state index is 1.40. The molecule has 0 N–H and O–H groups in total. The molecule has 6 bridgehead atoms. The first-order valence-corrected chi connectivity index (χ1v) is 6.62. The van der Waals surface area contributed by atoms with Gasteiger partial charge in [-0.3, -0.25) is 0 Å². The molecule has 15 heavy (non-hydrogen) atoms. The van der Waals surface area contributed by atoms with Gasteiger partial charge in [0.05, 0.1) is 0 Å². The van der Waals surface area contributed by atoms with E-state index in [0.717, 1.165) is 0 Å². The van der Waals surface area contributed by atoms with Gasteiger partial charge in [-0.1, -0.05) is 0 Å². The van der Waals surface area contributed by atoms with Crippen molar-refractivity contribution in [2.24, 2.45) is 0 Å². The fourth-order valence-corrected chi connectivity index (χ4v) is 3.78. The van der Waals surface area contributed by atoms with Gasteiger partial charge in [-0.2, -0.15) is 0 Å². The zero-order valence-electron chi connectivity index (χ0n) is 9.36. The molecule has 0 aromatic heterocycles. The number of hydrogen-bond acceptors (Lipinski definition) is 0. The third-order valence-electron chi connectivity index (χ3n) is 4.62. The van der Waals surface area contributed by atoms with Crippen LogP contribution in [0.25, 0.3) is 0 Å². The third-order valence-corrected chi connectivity index (χ3v) is 4.62. The summed E-state index contributed by atoms with van der Waals surface area (Å²) in [7, 11) is 0. The topological polar surface area (TPSA) is 0 Å². The van der Waals surface area contributed by atoms with Crippen molar-refractivity contribution in [3.8, 4) is 0 Å². The van der Waals surface area contributed by atoms with Crippen LogP contribution in [0.2, 0.25) is 0 Å². The molecule has 0 saturated carbocycles. The molecule has 0 fully saturated rings. The maximum absolute atomic E-state index is 1.81. The summed E-state index contributed by atoms with van der Waals surface area (Å²) in [6.45, 7) is 0. The van der Waals surface area contributed by atoms with Gasteiger partial charge in [-0.25, -0.2) is 0 Å². The summed E-state index contributed by atoms with van der Waals surface area (Å²) in [6.07, 6.45) is 12.6. The summed E-state index contributed by atoms with van der Waals surface area (Å²) in [6, 6.07) is 0. The molecule has 0 radical (unpaired) electrons. The second-order valence-corrected chi connectivity index (χ2v) is 5.43. The lowest BCUT2D eigenvalue weighted by Crippen LogP contribution is -1.88. The number of rotatable bonds is 0. The Morgan fingerprint density at radius 1 is 0.533 bits per heavy atom. The van der Waals surface area contributed by atoms with Crippen LogP contribution in [0.5, 0.6) is 0 Å². The van der Waals surface area contributed by atoms with E-state index in [4.69, 9.17) is 0 Å². The van der Waals surface area contributed by atoms with Crippen LogP contribution in [0.15, 0.2) is 0 Å². The molecule has 3 aliphatic carbocycles. The molecule has 0 heteroatoms. The second kappa shape index (κ2) is 2.87. The van der Waals surface area contributed by atoms with Crippen molar-refractivity contribution in [2.75, 3.05) is 0 Å². The quantitative estimate of drug-likeness (QED) is 0.570. The SMILES string of the molecule is C1Cc2c3[c+]2CCC[c+]2c(c2CCC3)C1. The molecule has 76 valence electrons. The van der Waals surface area contributed by atoms with Gasteiger partial charge in [-0.05, 0) is 19.3 Å². The van der Waals surface area contributed by atoms with Crippen molar-refractivity contribution in [2.45, 2.75) is 57.8 Å². The Kier molecular flexibility index (Phi) is 1.60. The highest BCUT2D eigenvalue weighted by molar-refractivity contribution is 5.56. The largest absolute Gasteiger partial charge is 0.167 e. The van der Waals surface area contributed by atoms with E-state index >= 15 is 0 Å². The van der Waals surface area contributed by atoms with Crippen molar-refractivity contribution in [3.05, 3.63) is 33.4 Å². The number of hydrogen-bond donors (Lipinski definition) is 0. The van der Waals surface area contributed by atoms with Crippen LogP contribution >= 0.6 is 0 Å². The van der Waals surface area contributed by atoms with Gasteiger partial charge in [0, 0.05) is 38.5 Å². The molecule has 0 spiro atoms. The smallest absolute Gasteiger partial charge is 0.0168 e. The van der Waals surface area contributed by atoms with Crippen LogP contribution in [0.4, 0.5) is 0 Å². The lowest BCUT2D eigenvalue weighted by Gasteiger charge is -1.86. The first-order valence-electron chi connectivity index (χ1n) is 6.62. The van der Waals surface area contributed by atoms with E-state index in [0.29, 0.717) is 0 Å². The van der Waals surface area contributed by atoms with E-state index in [1.807, 2.05) is 33.4 Å². The molecule has 5 rings (SSSR count). The van der Waals surface area contributed by atoms with Crippen molar-refractivity contribution < 1.29 is 0 Å². The lowest BCUT2D eigenvalue weighted by atomic mass is 10.1. The highest BCUT2D eigenvalue weighted by Crippen LogP contribution is 2.42. The van der Waals surface area contributed by atoms with Gasteiger partial charge in [0.15, 0.2) is 33.4 Å². The Morgan fingerprint density at radius 2 is 0.933 bits per heavy atom. The minimum atomic E-state index is 1.40. The van der Waals surface area contributed by atoms with Gasteiger partial charge >= 0.3 is 0 Å². The van der Waals surface area contributed by atoms with Gasteiger partial charge in [0.25, 0.3) is 0 Å². The van der Waals surface area contributed by atoms with Gasteiger partial charge < -0.3 is 0 Å². The van der Waals surface area contributed by atoms with Gasteiger partial charge in [0.2, 0.25) is 0 Å². The van der Waals surface area contributed by atoms with E-state index in [1.165, 1.54) is 57.8 Å². The maximum Gasteiger partial charge on any atom is 0.167 e. The standard InChI is InChI=1S/C15H18/c1-4-10-12-6-2-7-13-11(5-1)15(13)9-3-8-14(10)12/h1-9H2/q+2. The van der Waals surface area contributed by atoms with Gasteiger partial charge in [-0.15, -0.1) is 0 Å². The van der Waals surface area contributed by atoms with Crippen LogP contribution in [-0.4, -0.2) is 0 Å². The zero-order valence-corrected chi connectivity index (χ0v) is 9.36. The predicted octanol–water partition coefficient (Wildman–Crippen LogP) is 3.15. The van der Waals surface area contributed by atoms with E-state index in [2.05, 4.69) is 0 Å². The average Bonchev–Trinajstić information content (AvgIpc) is 3.12. The molecule has 3 aliphatic rings. The minimum Gasteiger partial charge on any atom is -0.0168 e. The zero-order chi connectivity index (χ0) is 9.83. The highest BCUT2D eigenvalue weighted by Gasteiger charge is 2.45. The summed E-state index contributed by atoms with van der Waals surface area (Å²) in [5.41, 5.74) is 10.9. The monoisotopic (exact) mass is 198 g/mol. The first kappa shape index (κ1) is 8.38. The molecule has 0 amide bonds. The molecule has 0 nitrogen and oxygen atoms in total. The van der Waals surface area contributed by atoms with Crippen molar-refractivity contribution >= 4 is 0 Å². The maximum atomic E-state index is 1.81. The lowest BCUT2D eigenvalue weighted by molar-refractivity contribution is 0.793. The van der Waals surface area contributed by atoms with Crippen LogP contribution in [-0.2, 0) is 38.5 Å². The summed E-state index contributed by atoms with van der Waals surface area (Å²) in [5.74, 6) is 0. The first-order chi connectivity index (χ1) is 7.45. The third kappa shape index (κ3) is 1.20. The fourth-order valence-electron chi connectivity index (χ4n) is 3.78. The summed E-state index contributed by atoms with van der Waals surface area (Å²) in [4.78, 5) is 0. The molecule has 0 heterocycles. The van der Waals surface area contributed by atoms with E-state index in [9.17, 15) is 0 Å². The van der Waals surface area contributed by atoms with E-state index in [1.54, 1.807) is 0 Å². The highest BCUT2D eigenvalue weighted by atomic mass is 14.3. The summed E-state index contributed by atoms with van der Waals surface area (Å²) in [5, 5.41) is 0. The van der Waals surface area contributed by atoms with Crippen LogP contribution in [0, 0.1) is 0 Å². The average molecular weight is 198 g/mol. The van der Waals surface area contributed by atoms with E-state index < -0.39 is 0 Å². The van der Waals surface area contributed by atoms with Crippen molar-refractivity contribution in [1.29, 1.82) is 0 Å². The van der Waals surface area contributed by atoms with Gasteiger partial charge in [0.1, 0.15) is 0 Å². The fraction of sp³-hybridized carbons (Fsp3) is 0.600. The van der Waals surface area contributed by atoms with Crippen molar-refractivity contribution in [3.63, 3.8) is 0 Å². The summed E-state index contributed by atoms with van der Waals surface area (Å²) >= 11 is 0. The number of fused-ring (bicyclic) bond motifs is 6. The van der Waals surface area contributed by atoms with E-state index in [-0.39, 0.29) is 0 Å². The molecule has 2 aromatic rings. The molecular weight excluding hydrogens is 180 g/mol. The predicted molar refractivity (Wildman–Crippen MR) is 62.5 cm³/mol. The molecular formula is C15H18+2. The summed E-state index contributed by atoms with van der Waals surface area (Å²) < 4.78 is 0. The Hall–Kier alpha value is -0.780. The Labute approximate surface area is 91.7 Å². The van der Waals surface area contributed by atoms with Crippen molar-refractivity contribution in [1.82, 2.24) is 0 Å². The Bertz CT molecular complexity index is 315.